The molecule has 0 aromatic heterocycles. The van der Waals surface area contributed by atoms with Gasteiger partial charge in [0.05, 0.1) is 12.3 Å². The monoisotopic (exact) mass is 385 g/mol. The van der Waals surface area contributed by atoms with Gasteiger partial charge in [0.25, 0.3) is 0 Å². The van der Waals surface area contributed by atoms with Crippen LogP contribution in [0.25, 0.3) is 0 Å². The largest absolute Gasteiger partial charge is 0.465 e. The lowest BCUT2D eigenvalue weighted by molar-refractivity contribution is -0.179. The van der Waals surface area contributed by atoms with Gasteiger partial charge in [0.1, 0.15) is 0 Å². The fourth-order valence-corrected chi connectivity index (χ4v) is 4.48. The Morgan fingerprint density at radius 2 is 1.93 bits per heavy atom. The van der Waals surface area contributed by atoms with Crippen molar-refractivity contribution < 1.29 is 23.8 Å². The van der Waals surface area contributed by atoms with Gasteiger partial charge in [-0.3, -0.25) is 9.59 Å². The van der Waals surface area contributed by atoms with E-state index in [-0.39, 0.29) is 12.5 Å². The van der Waals surface area contributed by atoms with E-state index in [0.717, 1.165) is 5.56 Å². The first-order valence-corrected chi connectivity index (χ1v) is 9.73. The number of aliphatic imine (C=N–C) groups is 1. The zero-order valence-electron chi connectivity index (χ0n) is 16.8. The molecule has 2 aliphatic rings. The van der Waals surface area contributed by atoms with Crippen molar-refractivity contribution in [3.8, 4) is 0 Å². The van der Waals surface area contributed by atoms with Crippen LogP contribution >= 0.6 is 0 Å². The summed E-state index contributed by atoms with van der Waals surface area (Å²) in [5.41, 5.74) is -0.993. The molecule has 1 saturated carbocycles. The average Bonchev–Trinajstić information content (AvgIpc) is 3.08. The highest BCUT2D eigenvalue weighted by atomic mass is 16.6. The molecular weight excluding hydrogens is 358 g/mol. The van der Waals surface area contributed by atoms with E-state index in [2.05, 4.69) is 0 Å². The predicted molar refractivity (Wildman–Crippen MR) is 105 cm³/mol. The smallest absolute Gasteiger partial charge is 0.322 e. The van der Waals surface area contributed by atoms with Gasteiger partial charge in [-0.25, -0.2) is 4.99 Å². The summed E-state index contributed by atoms with van der Waals surface area (Å²) in [6.07, 6.45) is 3.40. The lowest BCUT2D eigenvalue weighted by Crippen LogP contribution is -2.50. The van der Waals surface area contributed by atoms with Gasteiger partial charge in [-0.05, 0) is 32.8 Å². The molecule has 1 aromatic carbocycles. The molecule has 0 amide bonds. The molecule has 0 unspecified atom stereocenters. The van der Waals surface area contributed by atoms with Crippen molar-refractivity contribution >= 4 is 17.7 Å². The van der Waals surface area contributed by atoms with E-state index in [0.29, 0.717) is 18.7 Å². The predicted octanol–water partition coefficient (Wildman–Crippen LogP) is 3.30. The number of ether oxygens (including phenoxy) is 3. The quantitative estimate of drug-likeness (QED) is 0.532. The van der Waals surface area contributed by atoms with Crippen molar-refractivity contribution in [2.45, 2.75) is 45.9 Å². The fourth-order valence-electron chi connectivity index (χ4n) is 4.48. The number of esters is 2. The maximum Gasteiger partial charge on any atom is 0.322 e. The van der Waals surface area contributed by atoms with Crippen molar-refractivity contribution in [2.75, 3.05) is 13.2 Å². The molecule has 0 saturated heterocycles. The first-order valence-electron chi connectivity index (χ1n) is 9.73. The molecule has 6 nitrogen and oxygen atoms in total. The lowest BCUT2D eigenvalue weighted by atomic mass is 9.76. The number of fused-ring (bicyclic) bond motifs is 2. The van der Waals surface area contributed by atoms with Crippen LogP contribution in [0.5, 0.6) is 0 Å². The highest BCUT2D eigenvalue weighted by Crippen LogP contribution is 2.60. The van der Waals surface area contributed by atoms with Crippen LogP contribution in [0.15, 0.2) is 47.5 Å². The Morgan fingerprint density at radius 1 is 1.21 bits per heavy atom. The van der Waals surface area contributed by atoms with E-state index in [9.17, 15) is 9.59 Å². The molecule has 150 valence electrons. The summed E-state index contributed by atoms with van der Waals surface area (Å²) in [5, 5.41) is 0. The third kappa shape index (κ3) is 2.96. The lowest BCUT2D eigenvalue weighted by Gasteiger charge is -2.33. The van der Waals surface area contributed by atoms with Gasteiger partial charge in [-0.2, -0.15) is 0 Å². The van der Waals surface area contributed by atoms with Crippen LogP contribution in [-0.4, -0.2) is 42.7 Å². The Balaban J connectivity index is 2.26. The SMILES string of the molecule is C/C=C/[C@@H]1C[C@@]2(C(=O)OCC)C(c3ccccc3)=N[C@]1(OCC)[C@@H]2OC(C)=O. The third-order valence-electron chi connectivity index (χ3n) is 5.38. The summed E-state index contributed by atoms with van der Waals surface area (Å²) in [5.74, 6) is -1.12. The summed E-state index contributed by atoms with van der Waals surface area (Å²) in [4.78, 5) is 30.2. The van der Waals surface area contributed by atoms with Gasteiger partial charge in [-0.15, -0.1) is 0 Å². The Morgan fingerprint density at radius 3 is 2.50 bits per heavy atom. The molecule has 1 heterocycles. The minimum Gasteiger partial charge on any atom is -0.465 e. The van der Waals surface area contributed by atoms with E-state index in [1.165, 1.54) is 6.92 Å². The molecule has 0 N–H and O–H groups in total. The summed E-state index contributed by atoms with van der Waals surface area (Å²) >= 11 is 0. The van der Waals surface area contributed by atoms with Crippen LogP contribution in [0, 0.1) is 11.3 Å². The second-order valence-electron chi connectivity index (χ2n) is 7.03. The topological polar surface area (TPSA) is 74.2 Å². The van der Waals surface area contributed by atoms with Gasteiger partial charge in [0.15, 0.2) is 11.5 Å². The van der Waals surface area contributed by atoms with Gasteiger partial charge in [0, 0.05) is 19.4 Å². The minimum atomic E-state index is -1.21. The highest BCUT2D eigenvalue weighted by Gasteiger charge is 2.75. The molecule has 2 bridgehead atoms. The number of hydrogen-bond donors (Lipinski definition) is 0. The van der Waals surface area contributed by atoms with Crippen molar-refractivity contribution in [3.63, 3.8) is 0 Å². The standard InChI is InChI=1S/C22H27NO5/c1-5-11-17-14-21(20(25)26-6-2)18(16-12-9-8-10-13-16)23-22(17,27-7-3)19(21)28-15(4)24/h5,8-13,17,19H,6-7,14H2,1-4H3/b11-5+/t17-,19-,21-,22-/m1/s1. The maximum absolute atomic E-state index is 13.3. The van der Waals surface area contributed by atoms with Crippen LogP contribution in [0.1, 0.15) is 39.7 Å². The van der Waals surface area contributed by atoms with Crippen LogP contribution in [-0.2, 0) is 23.8 Å². The van der Waals surface area contributed by atoms with Crippen molar-refractivity contribution in [1.82, 2.24) is 0 Å². The van der Waals surface area contributed by atoms with E-state index in [1.807, 2.05) is 56.3 Å². The van der Waals surface area contributed by atoms with Crippen LogP contribution in [0.3, 0.4) is 0 Å². The Bertz CT molecular complexity index is 802. The fraction of sp³-hybridized carbons (Fsp3) is 0.500. The molecule has 4 atom stereocenters. The van der Waals surface area contributed by atoms with Crippen LogP contribution in [0.4, 0.5) is 0 Å². The zero-order chi connectivity index (χ0) is 20.4. The molecule has 1 aromatic rings. The molecule has 1 fully saturated rings. The maximum atomic E-state index is 13.3. The van der Waals surface area contributed by atoms with Crippen LogP contribution < -0.4 is 0 Å². The number of nitrogens with zero attached hydrogens (tertiary/aromatic N) is 1. The summed E-state index contributed by atoms with van der Waals surface area (Å²) in [6.45, 7) is 7.47. The third-order valence-corrected chi connectivity index (χ3v) is 5.38. The zero-order valence-corrected chi connectivity index (χ0v) is 16.8. The number of rotatable bonds is 7. The number of benzene rings is 1. The van der Waals surface area contributed by atoms with Crippen molar-refractivity contribution in [3.05, 3.63) is 48.0 Å². The molecular formula is C22H27NO5. The van der Waals surface area contributed by atoms with Crippen LogP contribution in [0.2, 0.25) is 0 Å². The number of allylic oxidation sites excluding steroid dienone is 1. The molecule has 1 aliphatic heterocycles. The summed E-state index contributed by atoms with van der Waals surface area (Å²) in [7, 11) is 0. The first kappa shape index (κ1) is 20.3. The minimum absolute atomic E-state index is 0.210. The van der Waals surface area contributed by atoms with E-state index in [4.69, 9.17) is 19.2 Å². The summed E-state index contributed by atoms with van der Waals surface area (Å²) in [6, 6.07) is 9.48. The first-order chi connectivity index (χ1) is 13.5. The molecule has 1 aliphatic carbocycles. The number of hydrogen-bond acceptors (Lipinski definition) is 6. The summed E-state index contributed by atoms with van der Waals surface area (Å²) < 4.78 is 17.4. The van der Waals surface area contributed by atoms with E-state index < -0.39 is 29.2 Å². The molecule has 3 rings (SSSR count). The van der Waals surface area contributed by atoms with Gasteiger partial charge in [-0.1, -0.05) is 42.5 Å². The van der Waals surface area contributed by atoms with Gasteiger partial charge in [0.2, 0.25) is 5.72 Å². The second kappa shape index (κ2) is 7.87. The molecule has 0 radical (unpaired) electrons. The Kier molecular flexibility index (Phi) is 5.70. The van der Waals surface area contributed by atoms with E-state index in [1.54, 1.807) is 6.92 Å². The Hall–Kier alpha value is -2.47. The highest BCUT2D eigenvalue weighted by molar-refractivity contribution is 6.18. The molecule has 28 heavy (non-hydrogen) atoms. The molecule has 0 spiro atoms. The van der Waals surface area contributed by atoms with E-state index >= 15 is 0 Å². The number of carbonyl (C=O) groups is 2. The van der Waals surface area contributed by atoms with Gasteiger partial charge < -0.3 is 14.2 Å². The normalized spacial score (nSPS) is 31.1. The second-order valence-corrected chi connectivity index (χ2v) is 7.03. The molecule has 6 heteroatoms. The van der Waals surface area contributed by atoms with Crippen molar-refractivity contribution in [1.29, 1.82) is 0 Å². The Labute approximate surface area is 165 Å². The average molecular weight is 385 g/mol. The van der Waals surface area contributed by atoms with Crippen molar-refractivity contribution in [2.24, 2.45) is 16.3 Å². The number of carbonyl (C=O) groups excluding carboxylic acids is 2. The van der Waals surface area contributed by atoms with Gasteiger partial charge >= 0.3 is 11.9 Å².